The molecule has 13 heteroatoms. The SMILES string of the molecule is CON(C)C(=O)c1ccc2c(c1)N=C(N1CCNCC1)c1cccc(C3CN(C4=Nc5cc(C(=O)NCCC(C)C)ccc5Sc5ccccc54)CCN3)c1S2. The second kappa shape index (κ2) is 16.8. The number of hydrogen-bond donors (Lipinski definition) is 3. The highest BCUT2D eigenvalue weighted by molar-refractivity contribution is 8.00. The van der Waals surface area contributed by atoms with E-state index in [1.165, 1.54) is 17.7 Å². The monoisotopic (exact) mass is 788 g/mol. The summed E-state index contributed by atoms with van der Waals surface area (Å²) in [5.74, 6) is 2.06. The number of amides is 2. The topological polar surface area (TPSA) is 114 Å². The van der Waals surface area contributed by atoms with Crippen molar-refractivity contribution in [1.82, 2.24) is 30.8 Å². The lowest BCUT2D eigenvalue weighted by molar-refractivity contribution is -0.0756. The van der Waals surface area contributed by atoms with Gasteiger partial charge in [0.05, 0.1) is 24.5 Å². The number of amidine groups is 2. The van der Waals surface area contributed by atoms with Crippen molar-refractivity contribution in [1.29, 1.82) is 0 Å². The van der Waals surface area contributed by atoms with Crippen molar-refractivity contribution in [3.63, 3.8) is 0 Å². The Bertz CT molecular complexity index is 2200. The molecule has 0 saturated carbocycles. The van der Waals surface area contributed by atoms with Gasteiger partial charge in [0.2, 0.25) is 0 Å². The van der Waals surface area contributed by atoms with Crippen molar-refractivity contribution in [2.75, 3.05) is 66.5 Å². The fraction of sp³-hybridized carbons (Fsp3) is 0.349. The molecule has 0 bridgehead atoms. The Hall–Kier alpha value is -4.66. The van der Waals surface area contributed by atoms with E-state index in [2.05, 4.69) is 82.1 Å². The zero-order valence-electron chi connectivity index (χ0n) is 32.3. The molecular formula is C43H48N8O3S2. The largest absolute Gasteiger partial charge is 0.354 e. The smallest absolute Gasteiger partial charge is 0.277 e. The first-order chi connectivity index (χ1) is 27.3. The Kier molecular flexibility index (Phi) is 11.5. The summed E-state index contributed by atoms with van der Waals surface area (Å²) in [7, 11) is 3.10. The standard InChI is InChI=1S/C43H48N8O3S2/c1-27(2)16-17-46-42(52)28-12-14-37-33(24-28)47-40(31-8-5-6-11-36(31)55-37)51-23-20-45-35(26-51)30-9-7-10-32-39(30)56-38-15-13-29(43(53)49(3)54-4)25-34(38)48-41(32)50-21-18-44-19-22-50/h5-15,24-25,27,35,44-45H,16-23,26H2,1-4H3,(H,46,52). The lowest BCUT2D eigenvalue weighted by atomic mass is 9.99. The van der Waals surface area contributed by atoms with E-state index in [0.29, 0.717) is 30.1 Å². The van der Waals surface area contributed by atoms with E-state index in [1.807, 2.05) is 36.4 Å². The van der Waals surface area contributed by atoms with E-state index >= 15 is 0 Å². The number of carbonyl (C=O) groups excluding carboxylic acids is 2. The number of nitrogens with zero attached hydrogens (tertiary/aromatic N) is 5. The number of hydroxylamine groups is 2. The summed E-state index contributed by atoms with van der Waals surface area (Å²) in [5, 5.41) is 11.7. The molecule has 0 aliphatic carbocycles. The molecule has 4 aliphatic heterocycles. The minimum Gasteiger partial charge on any atom is -0.354 e. The van der Waals surface area contributed by atoms with E-state index in [4.69, 9.17) is 14.8 Å². The van der Waals surface area contributed by atoms with Gasteiger partial charge in [-0.25, -0.2) is 15.0 Å². The van der Waals surface area contributed by atoms with Gasteiger partial charge in [-0.2, -0.15) is 0 Å². The Labute approximate surface area is 337 Å². The Morgan fingerprint density at radius 2 is 1.52 bits per heavy atom. The first-order valence-electron chi connectivity index (χ1n) is 19.4. The fourth-order valence-corrected chi connectivity index (χ4v) is 9.60. The van der Waals surface area contributed by atoms with Gasteiger partial charge in [0.15, 0.2) is 0 Å². The van der Waals surface area contributed by atoms with Crippen LogP contribution < -0.4 is 16.0 Å². The molecule has 0 aromatic heterocycles. The van der Waals surface area contributed by atoms with Crippen LogP contribution >= 0.6 is 23.5 Å². The van der Waals surface area contributed by atoms with Crippen LogP contribution in [0, 0.1) is 5.92 Å². The highest BCUT2D eigenvalue weighted by Crippen LogP contribution is 2.46. The van der Waals surface area contributed by atoms with Crippen LogP contribution in [0.25, 0.3) is 0 Å². The molecular weight excluding hydrogens is 741 g/mol. The van der Waals surface area contributed by atoms with Gasteiger partial charge in [-0.15, -0.1) is 0 Å². The maximum Gasteiger partial charge on any atom is 0.277 e. The van der Waals surface area contributed by atoms with Crippen molar-refractivity contribution in [3.8, 4) is 0 Å². The van der Waals surface area contributed by atoms with E-state index in [-0.39, 0.29) is 17.9 Å². The minimum absolute atomic E-state index is 0.00321. The second-order valence-corrected chi connectivity index (χ2v) is 16.9. The maximum atomic E-state index is 13.2. The molecule has 0 radical (unpaired) electrons. The Morgan fingerprint density at radius 3 is 2.29 bits per heavy atom. The highest BCUT2D eigenvalue weighted by atomic mass is 32.2. The average Bonchev–Trinajstić information content (AvgIpc) is 3.50. The van der Waals surface area contributed by atoms with Gasteiger partial charge in [-0.1, -0.05) is 73.8 Å². The van der Waals surface area contributed by atoms with Crippen molar-refractivity contribution in [2.45, 2.75) is 45.9 Å². The van der Waals surface area contributed by atoms with Crippen LogP contribution in [0.15, 0.2) is 108 Å². The number of hydrogen-bond acceptors (Lipinski definition) is 11. The molecule has 4 aromatic rings. The number of benzene rings is 4. The molecule has 4 aromatic carbocycles. The first kappa shape index (κ1) is 38.2. The predicted molar refractivity (Wildman–Crippen MR) is 224 cm³/mol. The molecule has 4 heterocycles. The predicted octanol–water partition coefficient (Wildman–Crippen LogP) is 6.73. The van der Waals surface area contributed by atoms with E-state index < -0.39 is 0 Å². The Balaban J connectivity index is 1.15. The third kappa shape index (κ3) is 7.96. The first-order valence-corrected chi connectivity index (χ1v) is 21.0. The van der Waals surface area contributed by atoms with Crippen LogP contribution in [-0.4, -0.2) is 105 Å². The van der Waals surface area contributed by atoms with Crippen LogP contribution in [0.2, 0.25) is 0 Å². The minimum atomic E-state index is -0.224. The van der Waals surface area contributed by atoms with Crippen LogP contribution in [0.1, 0.15) is 63.7 Å². The van der Waals surface area contributed by atoms with E-state index in [1.54, 1.807) is 30.6 Å². The van der Waals surface area contributed by atoms with Gasteiger partial charge in [0, 0.05) is 101 Å². The number of fused-ring (bicyclic) bond motifs is 4. The summed E-state index contributed by atoms with van der Waals surface area (Å²) in [6.07, 6.45) is 0.933. The third-order valence-electron chi connectivity index (χ3n) is 10.6. The molecule has 1 unspecified atom stereocenters. The molecule has 56 heavy (non-hydrogen) atoms. The van der Waals surface area contributed by atoms with E-state index in [9.17, 15) is 9.59 Å². The normalized spacial score (nSPS) is 17.7. The third-order valence-corrected chi connectivity index (χ3v) is 12.9. The molecule has 2 fully saturated rings. The molecule has 0 spiro atoms. The second-order valence-electron chi connectivity index (χ2n) is 14.8. The molecule has 11 nitrogen and oxygen atoms in total. The Morgan fingerprint density at radius 1 is 0.839 bits per heavy atom. The molecule has 4 aliphatic rings. The summed E-state index contributed by atoms with van der Waals surface area (Å²) < 4.78 is 0. The number of rotatable bonds is 7. The number of piperazine rings is 2. The van der Waals surface area contributed by atoms with Gasteiger partial charge in [-0.3, -0.25) is 14.4 Å². The van der Waals surface area contributed by atoms with E-state index in [0.717, 1.165) is 99.4 Å². The van der Waals surface area contributed by atoms with Gasteiger partial charge < -0.3 is 25.8 Å². The highest BCUT2D eigenvalue weighted by Gasteiger charge is 2.32. The van der Waals surface area contributed by atoms with Gasteiger partial charge in [0.1, 0.15) is 11.7 Å². The van der Waals surface area contributed by atoms with Gasteiger partial charge in [0.25, 0.3) is 11.8 Å². The van der Waals surface area contributed by atoms with Crippen molar-refractivity contribution in [2.24, 2.45) is 15.9 Å². The zero-order chi connectivity index (χ0) is 38.8. The number of nitrogens with one attached hydrogen (secondary N) is 3. The fourth-order valence-electron chi connectivity index (χ4n) is 7.44. The van der Waals surface area contributed by atoms with Crippen molar-refractivity contribution < 1.29 is 14.4 Å². The molecule has 3 N–H and O–H groups in total. The number of aliphatic imine (C=N–C) groups is 2. The summed E-state index contributed by atoms with van der Waals surface area (Å²) in [6.45, 7) is 10.6. The molecule has 8 rings (SSSR count). The molecule has 1 atom stereocenters. The summed E-state index contributed by atoms with van der Waals surface area (Å²) >= 11 is 3.41. The van der Waals surface area contributed by atoms with Gasteiger partial charge in [-0.05, 0) is 60.4 Å². The molecule has 2 saturated heterocycles. The average molecular weight is 789 g/mol. The lowest BCUT2D eigenvalue weighted by Crippen LogP contribution is -2.49. The molecule has 290 valence electrons. The number of carbonyl (C=O) groups is 2. The summed E-state index contributed by atoms with van der Waals surface area (Å²) in [5.41, 5.74) is 6.10. The van der Waals surface area contributed by atoms with Crippen molar-refractivity contribution in [3.05, 3.63) is 107 Å². The van der Waals surface area contributed by atoms with Crippen molar-refractivity contribution >= 4 is 58.4 Å². The van der Waals surface area contributed by atoms with Crippen LogP contribution in [0.3, 0.4) is 0 Å². The van der Waals surface area contributed by atoms with Gasteiger partial charge >= 0.3 is 0 Å². The quantitative estimate of drug-likeness (QED) is 0.176. The summed E-state index contributed by atoms with van der Waals surface area (Å²) in [4.78, 5) is 51.3. The van der Waals surface area contributed by atoms with Crippen LogP contribution in [0.4, 0.5) is 11.4 Å². The van der Waals surface area contributed by atoms with Crippen LogP contribution in [-0.2, 0) is 4.84 Å². The zero-order valence-corrected chi connectivity index (χ0v) is 33.9. The maximum absolute atomic E-state index is 13.2. The van der Waals surface area contributed by atoms with Crippen LogP contribution in [0.5, 0.6) is 0 Å². The lowest BCUT2D eigenvalue weighted by Gasteiger charge is -2.37. The summed E-state index contributed by atoms with van der Waals surface area (Å²) in [6, 6.07) is 26.6. The molecule has 2 amide bonds.